The molecule has 1 saturated carbocycles. The average molecular weight is 285 g/mol. The van der Waals surface area contributed by atoms with Crippen LogP contribution in [0.4, 0.5) is 0 Å². The minimum absolute atomic E-state index is 0.0792. The molecular formula is C14H23NO3S. The number of aliphatic carboxylic acids is 1. The van der Waals surface area contributed by atoms with Crippen LogP contribution in [0.1, 0.15) is 33.1 Å². The molecule has 0 aromatic rings. The summed E-state index contributed by atoms with van der Waals surface area (Å²) in [6, 6.07) is 0. The Morgan fingerprint density at radius 2 is 2.00 bits per heavy atom. The van der Waals surface area contributed by atoms with Crippen LogP contribution in [-0.2, 0) is 9.59 Å². The molecule has 0 aromatic heterocycles. The van der Waals surface area contributed by atoms with Crippen molar-refractivity contribution in [2.45, 2.75) is 38.4 Å². The summed E-state index contributed by atoms with van der Waals surface area (Å²) in [5.41, 5.74) is 0. The number of carbonyl (C=O) groups excluding carboxylic acids is 1. The molecule has 0 spiro atoms. The quantitative estimate of drug-likeness (QED) is 0.862. The number of carboxylic acid groups (broad SMARTS) is 1. The number of carboxylic acids is 1. The second kappa shape index (κ2) is 6.16. The molecule has 1 saturated heterocycles. The third kappa shape index (κ3) is 3.25. The largest absolute Gasteiger partial charge is 0.481 e. The second-order valence-electron chi connectivity index (χ2n) is 5.76. The van der Waals surface area contributed by atoms with Gasteiger partial charge >= 0.3 is 5.97 Å². The minimum atomic E-state index is -0.797. The Kier molecular flexibility index (Phi) is 4.76. The van der Waals surface area contributed by atoms with Crippen molar-refractivity contribution >= 4 is 23.6 Å². The molecule has 0 bridgehead atoms. The first kappa shape index (κ1) is 14.7. The molecule has 1 heterocycles. The van der Waals surface area contributed by atoms with Gasteiger partial charge in [0.05, 0.1) is 11.8 Å². The van der Waals surface area contributed by atoms with E-state index >= 15 is 0 Å². The normalized spacial score (nSPS) is 35.4. The highest BCUT2D eigenvalue weighted by molar-refractivity contribution is 7.99. The van der Waals surface area contributed by atoms with E-state index in [0.717, 1.165) is 31.7 Å². The highest BCUT2D eigenvalue weighted by Gasteiger charge is 2.44. The van der Waals surface area contributed by atoms with Gasteiger partial charge in [-0.05, 0) is 18.8 Å². The molecule has 1 N–H and O–H groups in total. The molecule has 2 fully saturated rings. The van der Waals surface area contributed by atoms with Crippen molar-refractivity contribution < 1.29 is 14.7 Å². The summed E-state index contributed by atoms with van der Waals surface area (Å²) >= 11 is 1.88. The molecule has 4 atom stereocenters. The van der Waals surface area contributed by atoms with Crippen molar-refractivity contribution in [1.29, 1.82) is 0 Å². The van der Waals surface area contributed by atoms with Gasteiger partial charge in [-0.2, -0.15) is 11.8 Å². The van der Waals surface area contributed by atoms with Gasteiger partial charge in [-0.15, -0.1) is 0 Å². The number of nitrogens with zero attached hydrogens (tertiary/aromatic N) is 1. The molecule has 5 heteroatoms. The van der Waals surface area contributed by atoms with Gasteiger partial charge in [0.2, 0.25) is 5.91 Å². The lowest BCUT2D eigenvalue weighted by Crippen LogP contribution is -2.45. The number of amides is 1. The minimum Gasteiger partial charge on any atom is -0.481 e. The maximum atomic E-state index is 12.6. The van der Waals surface area contributed by atoms with Crippen molar-refractivity contribution in [3.8, 4) is 0 Å². The Labute approximate surface area is 118 Å². The first-order valence-electron chi connectivity index (χ1n) is 7.16. The Morgan fingerprint density at radius 1 is 1.32 bits per heavy atom. The molecule has 0 aromatic carbocycles. The lowest BCUT2D eigenvalue weighted by Gasteiger charge is -2.33. The first-order chi connectivity index (χ1) is 9.02. The van der Waals surface area contributed by atoms with E-state index in [-0.39, 0.29) is 11.8 Å². The highest BCUT2D eigenvalue weighted by Crippen LogP contribution is 2.39. The van der Waals surface area contributed by atoms with Crippen molar-refractivity contribution in [1.82, 2.24) is 4.90 Å². The Bertz CT molecular complexity index is 361. The first-order valence-corrected chi connectivity index (χ1v) is 8.21. The third-order valence-corrected chi connectivity index (χ3v) is 5.56. The fourth-order valence-electron chi connectivity index (χ4n) is 3.28. The molecule has 108 valence electrons. The van der Waals surface area contributed by atoms with E-state index in [1.807, 2.05) is 16.7 Å². The van der Waals surface area contributed by atoms with Crippen LogP contribution in [0.15, 0.2) is 0 Å². The van der Waals surface area contributed by atoms with Crippen molar-refractivity contribution in [2.24, 2.45) is 17.8 Å². The molecule has 19 heavy (non-hydrogen) atoms. The molecule has 1 amide bonds. The zero-order valence-corrected chi connectivity index (χ0v) is 12.5. The molecule has 4 unspecified atom stereocenters. The summed E-state index contributed by atoms with van der Waals surface area (Å²) in [4.78, 5) is 25.8. The summed E-state index contributed by atoms with van der Waals surface area (Å²) in [7, 11) is 0. The third-order valence-electron chi connectivity index (χ3n) is 4.42. The predicted molar refractivity (Wildman–Crippen MR) is 76.1 cm³/mol. The number of thioether (sulfide) groups is 1. The standard InChI is InChI=1S/C14H23NO3S/c1-3-10-6-11(12(7-10)14(17)18)13(16)15-4-5-19-9(2)8-15/h9-12H,3-8H2,1-2H3,(H,17,18). The fourth-order valence-corrected chi connectivity index (χ4v) is 4.29. The maximum absolute atomic E-state index is 12.6. The number of carbonyl (C=O) groups is 2. The smallest absolute Gasteiger partial charge is 0.307 e. The van der Waals surface area contributed by atoms with E-state index in [9.17, 15) is 14.7 Å². The monoisotopic (exact) mass is 285 g/mol. The zero-order valence-electron chi connectivity index (χ0n) is 11.7. The van der Waals surface area contributed by atoms with Gasteiger partial charge in [-0.3, -0.25) is 9.59 Å². The molecule has 1 aliphatic heterocycles. The summed E-state index contributed by atoms with van der Waals surface area (Å²) in [6.45, 7) is 5.74. The van der Waals surface area contributed by atoms with E-state index in [0.29, 0.717) is 17.6 Å². The van der Waals surface area contributed by atoms with E-state index in [1.54, 1.807) is 0 Å². The fraction of sp³-hybridized carbons (Fsp3) is 0.857. The van der Waals surface area contributed by atoms with Gasteiger partial charge in [0.25, 0.3) is 0 Å². The maximum Gasteiger partial charge on any atom is 0.307 e. The lowest BCUT2D eigenvalue weighted by atomic mass is 9.94. The van der Waals surface area contributed by atoms with E-state index in [4.69, 9.17) is 0 Å². The van der Waals surface area contributed by atoms with Crippen LogP contribution >= 0.6 is 11.8 Å². The van der Waals surface area contributed by atoms with Crippen LogP contribution in [-0.4, -0.2) is 46.0 Å². The van der Waals surface area contributed by atoms with Gasteiger partial charge in [0.1, 0.15) is 0 Å². The van der Waals surface area contributed by atoms with Crippen LogP contribution in [0.2, 0.25) is 0 Å². The van der Waals surface area contributed by atoms with Crippen molar-refractivity contribution in [2.75, 3.05) is 18.8 Å². The van der Waals surface area contributed by atoms with Gasteiger partial charge in [0.15, 0.2) is 0 Å². The molecule has 4 nitrogen and oxygen atoms in total. The molecule has 2 rings (SSSR count). The van der Waals surface area contributed by atoms with Crippen molar-refractivity contribution in [3.05, 3.63) is 0 Å². The van der Waals surface area contributed by atoms with Crippen LogP contribution < -0.4 is 0 Å². The van der Waals surface area contributed by atoms with Crippen molar-refractivity contribution in [3.63, 3.8) is 0 Å². The second-order valence-corrected chi connectivity index (χ2v) is 7.31. The molecule has 2 aliphatic rings. The van der Waals surface area contributed by atoms with Gasteiger partial charge < -0.3 is 10.0 Å². The van der Waals surface area contributed by atoms with Gasteiger partial charge in [0, 0.05) is 24.1 Å². The highest BCUT2D eigenvalue weighted by atomic mass is 32.2. The summed E-state index contributed by atoms with van der Waals surface area (Å²) in [5, 5.41) is 9.78. The zero-order chi connectivity index (χ0) is 14.0. The Balaban J connectivity index is 2.05. The van der Waals surface area contributed by atoms with Gasteiger partial charge in [-0.1, -0.05) is 20.3 Å². The van der Waals surface area contributed by atoms with Crippen LogP contribution in [0, 0.1) is 17.8 Å². The van der Waals surface area contributed by atoms with Crippen LogP contribution in [0.25, 0.3) is 0 Å². The predicted octanol–water partition coefficient (Wildman–Crippen LogP) is 2.09. The molecular weight excluding hydrogens is 262 g/mol. The van der Waals surface area contributed by atoms with E-state index < -0.39 is 11.9 Å². The van der Waals surface area contributed by atoms with E-state index in [2.05, 4.69) is 13.8 Å². The SMILES string of the molecule is CCC1CC(C(=O)O)C(C(=O)N2CCSC(C)C2)C1. The topological polar surface area (TPSA) is 57.6 Å². The Morgan fingerprint density at radius 3 is 2.58 bits per heavy atom. The van der Waals surface area contributed by atoms with Crippen LogP contribution in [0.5, 0.6) is 0 Å². The molecule has 1 aliphatic carbocycles. The average Bonchev–Trinajstić information content (AvgIpc) is 2.82. The van der Waals surface area contributed by atoms with E-state index in [1.165, 1.54) is 0 Å². The number of hydrogen-bond donors (Lipinski definition) is 1. The lowest BCUT2D eigenvalue weighted by molar-refractivity contribution is -0.149. The number of hydrogen-bond acceptors (Lipinski definition) is 3. The summed E-state index contributed by atoms with van der Waals surface area (Å²) in [5.74, 6) is -0.120. The Hall–Kier alpha value is -0.710. The van der Waals surface area contributed by atoms with Crippen LogP contribution in [0.3, 0.4) is 0 Å². The summed E-state index contributed by atoms with van der Waals surface area (Å²) < 4.78 is 0. The number of rotatable bonds is 3. The molecule has 0 radical (unpaired) electrons. The summed E-state index contributed by atoms with van der Waals surface area (Å²) in [6.07, 6.45) is 2.39. The van der Waals surface area contributed by atoms with Gasteiger partial charge in [-0.25, -0.2) is 0 Å².